The third kappa shape index (κ3) is 1.54. The second kappa shape index (κ2) is 3.96. The minimum absolute atomic E-state index is 0.175. The number of rotatable bonds is 1. The maximum Gasteiger partial charge on any atom is 0.142 e. The van der Waals surface area contributed by atoms with Crippen LogP contribution in [0.25, 0.3) is 15.7 Å². The second-order valence-corrected chi connectivity index (χ2v) is 4.62. The zero-order valence-electron chi connectivity index (χ0n) is 8.66. The fourth-order valence-corrected chi connectivity index (χ4v) is 2.80. The van der Waals surface area contributed by atoms with Crippen LogP contribution < -0.4 is 5.32 Å². The van der Waals surface area contributed by atoms with Gasteiger partial charge in [0.2, 0.25) is 0 Å². The summed E-state index contributed by atoms with van der Waals surface area (Å²) < 4.78 is 18.5. The third-order valence-corrected chi connectivity index (χ3v) is 3.65. The van der Waals surface area contributed by atoms with Crippen molar-refractivity contribution in [1.82, 2.24) is 9.69 Å². The van der Waals surface area contributed by atoms with Gasteiger partial charge in [0, 0.05) is 11.9 Å². The number of benzene rings is 1. The predicted molar refractivity (Wildman–Crippen MR) is 65.0 cm³/mol. The number of nitrogens with one attached hydrogen (secondary N) is 1. The first-order valence-corrected chi connectivity index (χ1v) is 6.07. The maximum absolute atomic E-state index is 13.5. The third-order valence-electron chi connectivity index (χ3n) is 2.78. The molecular formula is C12H11FN2S. The summed E-state index contributed by atoms with van der Waals surface area (Å²) in [6.07, 6.45) is 3.21. The quantitative estimate of drug-likeness (QED) is 0.820. The average Bonchev–Trinajstić information content (AvgIpc) is 2.75. The lowest BCUT2D eigenvalue weighted by Crippen LogP contribution is -2.21. The van der Waals surface area contributed by atoms with Crippen LogP contribution in [-0.4, -0.2) is 17.5 Å². The lowest BCUT2D eigenvalue weighted by atomic mass is 10.0. The van der Waals surface area contributed by atoms with Gasteiger partial charge in [-0.1, -0.05) is 18.2 Å². The van der Waals surface area contributed by atoms with Crippen molar-refractivity contribution in [3.05, 3.63) is 35.8 Å². The fourth-order valence-electron chi connectivity index (χ4n) is 1.98. The Kier molecular flexibility index (Phi) is 2.46. The molecule has 0 radical (unpaired) electrons. The van der Waals surface area contributed by atoms with Crippen molar-refractivity contribution in [1.29, 1.82) is 0 Å². The molecule has 1 aromatic carbocycles. The molecule has 2 nitrogen and oxygen atoms in total. The molecule has 16 heavy (non-hydrogen) atoms. The predicted octanol–water partition coefficient (Wildman–Crippen LogP) is 2.81. The Morgan fingerprint density at radius 1 is 1.38 bits per heavy atom. The van der Waals surface area contributed by atoms with Crippen LogP contribution in [0.5, 0.6) is 0 Å². The fraction of sp³-hybridized carbons (Fsp3) is 0.250. The van der Waals surface area contributed by atoms with Crippen LogP contribution in [0.3, 0.4) is 0 Å². The van der Waals surface area contributed by atoms with Crippen LogP contribution in [-0.2, 0) is 0 Å². The van der Waals surface area contributed by atoms with Gasteiger partial charge in [0.05, 0.1) is 10.4 Å². The molecule has 1 aliphatic rings. The van der Waals surface area contributed by atoms with Gasteiger partial charge in [-0.3, -0.25) is 0 Å². The molecule has 0 aliphatic carbocycles. The number of halogens is 1. The standard InChI is InChI=1S/C12H11FN2S/c13-10-5-1-4-9-11(15-16-12(9)10)8-3-2-6-14-7-8/h1,3-5,14H,2,6-7H2. The Morgan fingerprint density at radius 2 is 2.31 bits per heavy atom. The first-order chi connectivity index (χ1) is 7.86. The summed E-state index contributed by atoms with van der Waals surface area (Å²) in [6, 6.07) is 5.16. The first kappa shape index (κ1) is 9.93. The molecule has 1 aromatic heterocycles. The van der Waals surface area contributed by atoms with E-state index in [2.05, 4.69) is 15.8 Å². The number of nitrogens with zero attached hydrogens (tertiary/aromatic N) is 1. The molecule has 2 aromatic rings. The molecule has 0 amide bonds. The highest BCUT2D eigenvalue weighted by Crippen LogP contribution is 2.30. The SMILES string of the molecule is Fc1cccc2c(C3=CCCNC3)nsc12. The average molecular weight is 234 g/mol. The van der Waals surface area contributed by atoms with E-state index in [9.17, 15) is 4.39 Å². The molecule has 0 atom stereocenters. The zero-order chi connectivity index (χ0) is 11.0. The van der Waals surface area contributed by atoms with Crippen molar-refractivity contribution in [3.63, 3.8) is 0 Å². The van der Waals surface area contributed by atoms with E-state index in [-0.39, 0.29) is 5.82 Å². The zero-order valence-corrected chi connectivity index (χ0v) is 9.48. The summed E-state index contributed by atoms with van der Waals surface area (Å²) in [4.78, 5) is 0. The van der Waals surface area contributed by atoms with Crippen LogP contribution in [0.2, 0.25) is 0 Å². The molecule has 1 N–H and O–H groups in total. The summed E-state index contributed by atoms with van der Waals surface area (Å²) in [5.74, 6) is -0.175. The van der Waals surface area contributed by atoms with Crippen LogP contribution in [0, 0.1) is 5.82 Å². The Labute approximate surface area is 97.0 Å². The largest absolute Gasteiger partial charge is 0.312 e. The van der Waals surface area contributed by atoms with Gasteiger partial charge in [-0.25, -0.2) is 4.39 Å². The molecule has 0 unspecified atom stereocenters. The van der Waals surface area contributed by atoms with Crippen LogP contribution in [0.1, 0.15) is 12.1 Å². The van der Waals surface area contributed by atoms with E-state index in [0.717, 1.165) is 30.6 Å². The van der Waals surface area contributed by atoms with Gasteiger partial charge < -0.3 is 5.32 Å². The minimum Gasteiger partial charge on any atom is -0.312 e. The Bertz CT molecular complexity index is 559. The number of hydrogen-bond donors (Lipinski definition) is 1. The molecule has 0 saturated carbocycles. The molecule has 0 saturated heterocycles. The molecule has 0 fully saturated rings. The van der Waals surface area contributed by atoms with Gasteiger partial charge in [0.15, 0.2) is 0 Å². The van der Waals surface area contributed by atoms with Gasteiger partial charge >= 0.3 is 0 Å². The van der Waals surface area contributed by atoms with Crippen LogP contribution >= 0.6 is 11.5 Å². The lowest BCUT2D eigenvalue weighted by Gasteiger charge is -2.12. The van der Waals surface area contributed by atoms with Gasteiger partial charge in [0.25, 0.3) is 0 Å². The summed E-state index contributed by atoms with van der Waals surface area (Å²) in [5, 5.41) is 4.24. The van der Waals surface area contributed by atoms with E-state index in [1.165, 1.54) is 23.2 Å². The van der Waals surface area contributed by atoms with Crippen molar-refractivity contribution < 1.29 is 4.39 Å². The van der Waals surface area contributed by atoms with Crippen molar-refractivity contribution >= 4 is 27.2 Å². The Morgan fingerprint density at radius 3 is 3.12 bits per heavy atom. The highest BCUT2D eigenvalue weighted by molar-refractivity contribution is 7.13. The normalized spacial score (nSPS) is 16.4. The van der Waals surface area contributed by atoms with Gasteiger partial charge in [-0.2, -0.15) is 4.37 Å². The highest BCUT2D eigenvalue weighted by Gasteiger charge is 2.14. The van der Waals surface area contributed by atoms with E-state index >= 15 is 0 Å². The summed E-state index contributed by atoms with van der Waals surface area (Å²) in [6.45, 7) is 1.84. The maximum atomic E-state index is 13.5. The van der Waals surface area contributed by atoms with E-state index in [0.29, 0.717) is 4.70 Å². The Balaban J connectivity index is 2.17. The molecule has 1 aliphatic heterocycles. The highest BCUT2D eigenvalue weighted by atomic mass is 32.1. The summed E-state index contributed by atoms with van der Waals surface area (Å²) in [7, 11) is 0. The van der Waals surface area contributed by atoms with E-state index in [4.69, 9.17) is 0 Å². The van der Waals surface area contributed by atoms with E-state index < -0.39 is 0 Å². The number of aromatic nitrogens is 1. The van der Waals surface area contributed by atoms with Gasteiger partial charge in [-0.15, -0.1) is 0 Å². The van der Waals surface area contributed by atoms with Crippen LogP contribution in [0.4, 0.5) is 4.39 Å². The number of hydrogen-bond acceptors (Lipinski definition) is 3. The molecule has 2 heterocycles. The van der Waals surface area contributed by atoms with Gasteiger partial charge in [-0.05, 0) is 36.1 Å². The Hall–Kier alpha value is -1.26. The molecule has 0 bridgehead atoms. The summed E-state index contributed by atoms with van der Waals surface area (Å²) in [5.41, 5.74) is 2.12. The summed E-state index contributed by atoms with van der Waals surface area (Å²) >= 11 is 1.24. The van der Waals surface area contributed by atoms with E-state index in [1.807, 2.05) is 6.07 Å². The first-order valence-electron chi connectivity index (χ1n) is 5.30. The number of fused-ring (bicyclic) bond motifs is 1. The van der Waals surface area contributed by atoms with Crippen molar-refractivity contribution in [2.75, 3.05) is 13.1 Å². The monoisotopic (exact) mass is 234 g/mol. The molecule has 0 spiro atoms. The molecular weight excluding hydrogens is 223 g/mol. The topological polar surface area (TPSA) is 24.9 Å². The molecule has 3 rings (SSSR count). The molecule has 82 valence electrons. The second-order valence-electron chi connectivity index (χ2n) is 3.84. The van der Waals surface area contributed by atoms with Crippen molar-refractivity contribution in [2.24, 2.45) is 0 Å². The van der Waals surface area contributed by atoms with Crippen LogP contribution in [0.15, 0.2) is 24.3 Å². The van der Waals surface area contributed by atoms with Gasteiger partial charge in [0.1, 0.15) is 5.82 Å². The van der Waals surface area contributed by atoms with Crippen molar-refractivity contribution in [3.8, 4) is 0 Å². The van der Waals surface area contributed by atoms with Crippen molar-refractivity contribution in [2.45, 2.75) is 6.42 Å². The minimum atomic E-state index is -0.175. The smallest absolute Gasteiger partial charge is 0.142 e. The van der Waals surface area contributed by atoms with E-state index in [1.54, 1.807) is 6.07 Å². The lowest BCUT2D eigenvalue weighted by molar-refractivity contribution is 0.641. The molecule has 4 heteroatoms.